The molecule has 0 heterocycles. The van der Waals surface area contributed by atoms with Crippen LogP contribution in [0.4, 0.5) is 0 Å². The molecule has 0 bridgehead atoms. The summed E-state index contributed by atoms with van der Waals surface area (Å²) in [7, 11) is -1.31. The van der Waals surface area contributed by atoms with Crippen molar-refractivity contribution in [2.75, 3.05) is 0 Å². The van der Waals surface area contributed by atoms with Gasteiger partial charge in [-0.15, -0.1) is 0 Å². The molecule has 1 aliphatic rings. The second kappa shape index (κ2) is 11.9. The number of rotatable bonds is 5. The van der Waals surface area contributed by atoms with Gasteiger partial charge in [-0.3, -0.25) is 0 Å². The maximum Gasteiger partial charge on any atom is -1.00 e. The van der Waals surface area contributed by atoms with Crippen LogP contribution in [0.2, 0.25) is 9.76 Å². The largest absolute Gasteiger partial charge is 1.00 e. The molecule has 0 fully saturated rings. The van der Waals surface area contributed by atoms with Gasteiger partial charge >= 0.3 is 173 Å². The Kier molecular flexibility index (Phi) is 11.8. The van der Waals surface area contributed by atoms with Crippen LogP contribution >= 0.6 is 0 Å². The van der Waals surface area contributed by atoms with E-state index < -0.39 is 8.80 Å². The van der Waals surface area contributed by atoms with Crippen LogP contribution in [0.25, 0.3) is 0 Å². The van der Waals surface area contributed by atoms with Crippen molar-refractivity contribution >= 4 is 19.2 Å². The Balaban J connectivity index is 0.00000261. The van der Waals surface area contributed by atoms with Crippen LogP contribution in [0.1, 0.15) is 34.6 Å². The fourth-order valence-corrected chi connectivity index (χ4v) is 9.98. The van der Waals surface area contributed by atoms with Crippen LogP contribution in [-0.2, 0) is 20.4 Å². The average Bonchev–Trinajstić information content (AvgIpc) is 2.82. The molecule has 0 N–H and O–H groups in total. The summed E-state index contributed by atoms with van der Waals surface area (Å²) < 4.78 is 0.185. The Morgan fingerprint density at radius 1 is 0.759 bits per heavy atom. The Labute approximate surface area is 208 Å². The first-order valence-electron chi connectivity index (χ1n) is 9.60. The second-order valence-electron chi connectivity index (χ2n) is 7.93. The van der Waals surface area contributed by atoms with Crippen LogP contribution in [0.5, 0.6) is 0 Å². The van der Waals surface area contributed by atoms with Crippen molar-refractivity contribution in [3.63, 3.8) is 0 Å². The minimum Gasteiger partial charge on any atom is -1.00 e. The van der Waals surface area contributed by atoms with Gasteiger partial charge in [-0.2, -0.15) is 0 Å². The van der Waals surface area contributed by atoms with E-state index in [1.54, 1.807) is 21.5 Å². The maximum absolute atomic E-state index is 2.50. The van der Waals surface area contributed by atoms with Gasteiger partial charge in [-0.05, 0) is 0 Å². The van der Waals surface area contributed by atoms with E-state index in [4.69, 9.17) is 0 Å². The molecule has 2 aromatic rings. The minimum atomic E-state index is -1.31. The predicted molar refractivity (Wildman–Crippen MR) is 113 cm³/mol. The number of hydrogen-bond donors (Lipinski definition) is 0. The van der Waals surface area contributed by atoms with Crippen molar-refractivity contribution in [2.24, 2.45) is 5.92 Å². The first kappa shape index (κ1) is 28.7. The third-order valence-electron chi connectivity index (χ3n) is 6.12. The summed E-state index contributed by atoms with van der Waals surface area (Å²) in [6.45, 7) is 11.8. The van der Waals surface area contributed by atoms with Gasteiger partial charge in [0.2, 0.25) is 0 Å². The van der Waals surface area contributed by atoms with E-state index >= 15 is 0 Å². The van der Waals surface area contributed by atoms with Crippen molar-refractivity contribution < 1.29 is 57.7 Å². The molecule has 0 saturated carbocycles. The van der Waals surface area contributed by atoms with Crippen LogP contribution in [0.15, 0.2) is 83.0 Å². The van der Waals surface area contributed by atoms with Gasteiger partial charge in [0.25, 0.3) is 0 Å². The molecule has 0 aromatic heterocycles. The van der Waals surface area contributed by atoms with Gasteiger partial charge in [0.05, 0.1) is 0 Å². The molecule has 0 spiro atoms. The molecule has 0 nitrogen and oxygen atoms in total. The topological polar surface area (TPSA) is 0 Å². The third-order valence-corrected chi connectivity index (χ3v) is 11.5. The summed E-state index contributed by atoms with van der Waals surface area (Å²) in [4.78, 5) is 0. The first-order chi connectivity index (χ1) is 12.4. The van der Waals surface area contributed by atoms with Crippen molar-refractivity contribution in [1.82, 2.24) is 0 Å². The van der Waals surface area contributed by atoms with E-state index in [9.17, 15) is 0 Å². The monoisotopic (exact) mass is 498 g/mol. The van der Waals surface area contributed by atoms with Crippen LogP contribution < -0.4 is 47.6 Å². The van der Waals surface area contributed by atoms with E-state index in [2.05, 4.69) is 116 Å². The standard InChI is InChI=1S/C24H29Si.3ClH.Ti/c1-17(2)24-20(5)18(3)19(4)23(24)16-25(21-12-8-6-9-13-21)22-14-10-7-11-15-22;;;;/h6-15,17,25H,16H2,1-5H3;3*1H;/q;;;;+3/p-3. The molecule has 0 aliphatic heterocycles. The summed E-state index contributed by atoms with van der Waals surface area (Å²) in [6, 6.07) is 23.7. The molecule has 0 amide bonds. The molecule has 3 rings (SSSR count). The average molecular weight is 500 g/mol. The Morgan fingerprint density at radius 2 is 1.17 bits per heavy atom. The molecule has 5 heteroatoms. The zero-order valence-corrected chi connectivity index (χ0v) is 22.8. The fourth-order valence-electron chi connectivity index (χ4n) is 4.62. The number of hydrogen-bond acceptors (Lipinski definition) is 0. The van der Waals surface area contributed by atoms with E-state index in [0.29, 0.717) is 5.92 Å². The zero-order valence-electron chi connectivity index (χ0n) is 17.8. The number of benzene rings is 2. The van der Waals surface area contributed by atoms with Gasteiger partial charge in [-0.1, -0.05) is 0 Å². The molecule has 2 aromatic carbocycles. The van der Waals surface area contributed by atoms with E-state index in [0.717, 1.165) is 0 Å². The molecule has 1 unspecified atom stereocenters. The minimum absolute atomic E-state index is 0. The van der Waals surface area contributed by atoms with Gasteiger partial charge < -0.3 is 37.2 Å². The first-order valence-corrected chi connectivity index (χ1v) is 12.4. The third kappa shape index (κ3) is 5.70. The van der Waals surface area contributed by atoms with Crippen molar-refractivity contribution in [1.29, 1.82) is 0 Å². The molecule has 29 heavy (non-hydrogen) atoms. The predicted octanol–water partition coefficient (Wildman–Crippen LogP) is -3.93. The Bertz CT molecular complexity index is 807. The van der Waals surface area contributed by atoms with Crippen molar-refractivity contribution in [3.8, 4) is 0 Å². The number of allylic oxidation sites excluding steroid dienone is 4. The quantitative estimate of drug-likeness (QED) is 0.369. The van der Waals surface area contributed by atoms with E-state index in [1.165, 1.54) is 17.2 Å². The van der Waals surface area contributed by atoms with Crippen molar-refractivity contribution in [3.05, 3.63) is 83.0 Å². The number of halogens is 3. The van der Waals surface area contributed by atoms with Gasteiger partial charge in [0, 0.05) is 0 Å². The van der Waals surface area contributed by atoms with Crippen LogP contribution in [0, 0.1) is 5.92 Å². The molecule has 154 valence electrons. The summed E-state index contributed by atoms with van der Waals surface area (Å²) in [5.74, 6) is 0.591. The van der Waals surface area contributed by atoms with Crippen LogP contribution in [0.3, 0.4) is 0 Å². The fraction of sp³-hybridized carbons (Fsp3) is 0.333. The smallest absolute Gasteiger partial charge is 1.00 e. The molecule has 0 radical (unpaired) electrons. The molecule has 0 saturated heterocycles. The second-order valence-corrected chi connectivity index (χ2v) is 12.1. The normalized spacial score (nSPS) is 18.5. The molecular weight excluding hydrogens is 471 g/mol. The molecule has 1 aliphatic carbocycles. The summed E-state index contributed by atoms with van der Waals surface area (Å²) >= 11 is 2.50. The Morgan fingerprint density at radius 3 is 1.55 bits per heavy atom. The molecular formula is C24H29Cl3SiTi. The van der Waals surface area contributed by atoms with E-state index in [1.807, 2.05) is 0 Å². The molecule has 1 atom stereocenters. The van der Waals surface area contributed by atoms with E-state index in [-0.39, 0.29) is 40.9 Å². The van der Waals surface area contributed by atoms with Crippen molar-refractivity contribution in [2.45, 2.75) is 44.4 Å². The van der Waals surface area contributed by atoms with Gasteiger partial charge in [-0.25, -0.2) is 0 Å². The Hall–Kier alpha value is -0.279. The van der Waals surface area contributed by atoms with Crippen LogP contribution in [-0.4, -0.2) is 8.80 Å². The van der Waals surface area contributed by atoms with Gasteiger partial charge in [0.1, 0.15) is 0 Å². The SMILES string of the molecule is CC1=C(C)[C]([Ti+3])(C[SiH](c2ccccc2)c2ccccc2)C(C(C)C)=C1C.[Cl-].[Cl-].[Cl-]. The van der Waals surface area contributed by atoms with Gasteiger partial charge in [0.15, 0.2) is 0 Å². The summed E-state index contributed by atoms with van der Waals surface area (Å²) in [5.41, 5.74) is 6.30. The summed E-state index contributed by atoms with van der Waals surface area (Å²) in [6.07, 6.45) is 0. The summed E-state index contributed by atoms with van der Waals surface area (Å²) in [5, 5.41) is 3.11. The zero-order chi connectivity index (χ0) is 18.9. The maximum atomic E-state index is 2.50.